The van der Waals surface area contributed by atoms with Crippen LogP contribution >= 0.6 is 23.1 Å². The van der Waals surface area contributed by atoms with Gasteiger partial charge in [-0.2, -0.15) is 0 Å². The van der Waals surface area contributed by atoms with E-state index in [0.717, 1.165) is 35.2 Å². The van der Waals surface area contributed by atoms with E-state index >= 15 is 0 Å². The van der Waals surface area contributed by atoms with E-state index in [-0.39, 0.29) is 11.2 Å². The van der Waals surface area contributed by atoms with Crippen LogP contribution in [0.4, 0.5) is 0 Å². The Morgan fingerprint density at radius 3 is 3.00 bits per heavy atom. The Hall–Kier alpha value is -1.34. The molecule has 1 N–H and O–H groups in total. The fourth-order valence-corrected chi connectivity index (χ4v) is 3.65. The molecule has 21 heavy (non-hydrogen) atoms. The van der Waals surface area contributed by atoms with Crippen molar-refractivity contribution in [3.63, 3.8) is 0 Å². The topological polar surface area (TPSA) is 59.8 Å². The molecule has 3 rings (SSSR count). The maximum Gasteiger partial charge on any atom is 0.233 e. The van der Waals surface area contributed by atoms with Crippen molar-refractivity contribution >= 4 is 29.0 Å². The van der Waals surface area contributed by atoms with Crippen LogP contribution in [0, 0.1) is 0 Å². The molecule has 0 aromatic carbocycles. The molecule has 0 radical (unpaired) electrons. The van der Waals surface area contributed by atoms with Crippen LogP contribution in [0.1, 0.15) is 26.7 Å². The van der Waals surface area contributed by atoms with Crippen molar-refractivity contribution < 1.29 is 4.79 Å². The second-order valence-electron chi connectivity index (χ2n) is 5.07. The maximum absolute atomic E-state index is 12.0. The fraction of sp³-hybridized carbons (Fsp3) is 0.500. The molecule has 2 heterocycles. The summed E-state index contributed by atoms with van der Waals surface area (Å²) in [5.74, 6) is 0.968. The van der Waals surface area contributed by atoms with Gasteiger partial charge in [0.1, 0.15) is 0 Å². The number of carbonyl (C=O) groups excluding carboxylic acids is 1. The summed E-state index contributed by atoms with van der Waals surface area (Å²) in [4.78, 5) is 13.1. The molecule has 0 bridgehead atoms. The number of hydrogen-bond donors (Lipinski definition) is 1. The first kappa shape index (κ1) is 14.6. The summed E-state index contributed by atoms with van der Waals surface area (Å²) in [6.07, 6.45) is 2.22. The Morgan fingerprint density at radius 2 is 2.38 bits per heavy atom. The SMILES string of the molecule is CCn1c(S[C@@H](C)C(=O)NC2CC2)nnc1-c1cccs1. The molecule has 112 valence electrons. The summed E-state index contributed by atoms with van der Waals surface area (Å²) in [6.45, 7) is 4.78. The molecular weight excluding hydrogens is 304 g/mol. The summed E-state index contributed by atoms with van der Waals surface area (Å²) in [5, 5.41) is 14.3. The van der Waals surface area contributed by atoms with Crippen LogP contribution in [-0.4, -0.2) is 32.0 Å². The highest BCUT2D eigenvalue weighted by molar-refractivity contribution is 8.00. The van der Waals surface area contributed by atoms with E-state index in [4.69, 9.17) is 0 Å². The molecule has 1 aliphatic carbocycles. The highest BCUT2D eigenvalue weighted by Crippen LogP contribution is 2.29. The second kappa shape index (κ2) is 6.19. The quantitative estimate of drug-likeness (QED) is 0.831. The zero-order valence-electron chi connectivity index (χ0n) is 12.1. The van der Waals surface area contributed by atoms with E-state index in [0.29, 0.717) is 6.04 Å². The standard InChI is InChI=1S/C14H18N4OS2/c1-3-18-12(11-5-4-8-20-11)16-17-14(18)21-9(2)13(19)15-10-6-7-10/h4-5,8-10H,3,6-7H2,1-2H3,(H,15,19)/t9-/m0/s1. The zero-order chi connectivity index (χ0) is 14.8. The average molecular weight is 322 g/mol. The number of amides is 1. The molecular formula is C14H18N4OS2. The summed E-state index contributed by atoms with van der Waals surface area (Å²) in [6, 6.07) is 4.44. The van der Waals surface area contributed by atoms with Crippen molar-refractivity contribution in [2.45, 2.75) is 49.7 Å². The summed E-state index contributed by atoms with van der Waals surface area (Å²) < 4.78 is 2.07. The number of nitrogens with one attached hydrogen (secondary N) is 1. The first-order valence-electron chi connectivity index (χ1n) is 7.13. The van der Waals surface area contributed by atoms with Crippen LogP contribution in [0.3, 0.4) is 0 Å². The summed E-state index contributed by atoms with van der Waals surface area (Å²) in [7, 11) is 0. The first-order chi connectivity index (χ1) is 10.2. The van der Waals surface area contributed by atoms with Gasteiger partial charge in [-0.05, 0) is 38.1 Å². The van der Waals surface area contributed by atoms with Gasteiger partial charge in [-0.15, -0.1) is 21.5 Å². The summed E-state index contributed by atoms with van der Waals surface area (Å²) in [5.41, 5.74) is 0. The highest BCUT2D eigenvalue weighted by Gasteiger charge is 2.27. The highest BCUT2D eigenvalue weighted by atomic mass is 32.2. The van der Waals surface area contributed by atoms with Crippen molar-refractivity contribution in [3.05, 3.63) is 17.5 Å². The number of aromatic nitrogens is 3. The van der Waals surface area contributed by atoms with Gasteiger partial charge in [-0.25, -0.2) is 0 Å². The Kier molecular flexibility index (Phi) is 4.30. The molecule has 1 aliphatic rings. The third kappa shape index (κ3) is 3.29. The Labute approximate surface area is 132 Å². The van der Waals surface area contributed by atoms with E-state index in [1.165, 1.54) is 11.8 Å². The van der Waals surface area contributed by atoms with Crippen LogP contribution in [0.15, 0.2) is 22.7 Å². The molecule has 1 fully saturated rings. The number of nitrogens with zero attached hydrogens (tertiary/aromatic N) is 3. The van der Waals surface area contributed by atoms with Gasteiger partial charge in [-0.3, -0.25) is 4.79 Å². The van der Waals surface area contributed by atoms with Gasteiger partial charge in [0.2, 0.25) is 5.91 Å². The lowest BCUT2D eigenvalue weighted by molar-refractivity contribution is -0.120. The molecule has 7 heteroatoms. The van der Waals surface area contributed by atoms with Gasteiger partial charge in [0, 0.05) is 12.6 Å². The molecule has 2 aromatic heterocycles. The summed E-state index contributed by atoms with van der Waals surface area (Å²) >= 11 is 3.12. The second-order valence-corrected chi connectivity index (χ2v) is 7.33. The smallest absolute Gasteiger partial charge is 0.233 e. The zero-order valence-corrected chi connectivity index (χ0v) is 13.7. The minimum absolute atomic E-state index is 0.0887. The predicted molar refractivity (Wildman–Crippen MR) is 85.5 cm³/mol. The Balaban J connectivity index is 1.74. The van der Waals surface area contributed by atoms with E-state index in [9.17, 15) is 4.79 Å². The normalized spacial score (nSPS) is 15.9. The van der Waals surface area contributed by atoms with E-state index in [1.54, 1.807) is 11.3 Å². The van der Waals surface area contributed by atoms with Crippen LogP contribution in [-0.2, 0) is 11.3 Å². The van der Waals surface area contributed by atoms with Gasteiger partial charge < -0.3 is 9.88 Å². The Bertz CT molecular complexity index is 619. The molecule has 1 saturated carbocycles. The number of thioether (sulfide) groups is 1. The monoisotopic (exact) mass is 322 g/mol. The number of rotatable bonds is 6. The third-order valence-electron chi connectivity index (χ3n) is 3.35. The van der Waals surface area contributed by atoms with Crippen molar-refractivity contribution in [1.29, 1.82) is 0 Å². The van der Waals surface area contributed by atoms with Crippen LogP contribution in [0.5, 0.6) is 0 Å². The fourth-order valence-electron chi connectivity index (χ4n) is 2.01. The molecule has 0 spiro atoms. The Morgan fingerprint density at radius 1 is 1.57 bits per heavy atom. The van der Waals surface area contributed by atoms with Crippen molar-refractivity contribution in [2.75, 3.05) is 0 Å². The minimum atomic E-state index is -0.156. The molecule has 1 atom stereocenters. The lowest BCUT2D eigenvalue weighted by Gasteiger charge is -2.12. The van der Waals surface area contributed by atoms with Crippen molar-refractivity contribution in [3.8, 4) is 10.7 Å². The molecule has 0 aliphatic heterocycles. The third-order valence-corrected chi connectivity index (χ3v) is 5.30. The number of hydrogen-bond acceptors (Lipinski definition) is 5. The molecule has 1 amide bonds. The van der Waals surface area contributed by atoms with Gasteiger partial charge in [0.15, 0.2) is 11.0 Å². The van der Waals surface area contributed by atoms with Gasteiger partial charge >= 0.3 is 0 Å². The molecule has 0 unspecified atom stereocenters. The predicted octanol–water partition coefficient (Wildman–Crippen LogP) is 2.79. The van der Waals surface area contributed by atoms with Crippen LogP contribution in [0.25, 0.3) is 10.7 Å². The minimum Gasteiger partial charge on any atom is -0.352 e. The number of carbonyl (C=O) groups is 1. The van der Waals surface area contributed by atoms with Crippen molar-refractivity contribution in [2.24, 2.45) is 0 Å². The largest absolute Gasteiger partial charge is 0.352 e. The average Bonchev–Trinajstić information content (AvgIpc) is 2.99. The van der Waals surface area contributed by atoms with Gasteiger partial charge in [0.25, 0.3) is 0 Å². The van der Waals surface area contributed by atoms with Gasteiger partial charge in [-0.1, -0.05) is 17.8 Å². The van der Waals surface area contributed by atoms with E-state index < -0.39 is 0 Å². The van der Waals surface area contributed by atoms with Crippen LogP contribution in [0.2, 0.25) is 0 Å². The lowest BCUT2D eigenvalue weighted by atomic mass is 10.4. The first-order valence-corrected chi connectivity index (χ1v) is 8.89. The lowest BCUT2D eigenvalue weighted by Crippen LogP contribution is -2.32. The molecule has 2 aromatic rings. The van der Waals surface area contributed by atoms with E-state index in [1.807, 2.05) is 24.4 Å². The molecule has 5 nitrogen and oxygen atoms in total. The van der Waals surface area contributed by atoms with Crippen molar-refractivity contribution in [1.82, 2.24) is 20.1 Å². The maximum atomic E-state index is 12.0. The van der Waals surface area contributed by atoms with E-state index in [2.05, 4.69) is 27.0 Å². The van der Waals surface area contributed by atoms with Crippen LogP contribution < -0.4 is 5.32 Å². The number of thiophene rings is 1. The van der Waals surface area contributed by atoms with Gasteiger partial charge in [0.05, 0.1) is 10.1 Å². The molecule has 0 saturated heterocycles.